The number of aromatic amines is 1. The fraction of sp³-hybridized carbons (Fsp3) is 0.400. The number of H-pyrrole nitrogens is 1. The third-order valence-electron chi connectivity index (χ3n) is 3.91. The zero-order valence-electron chi connectivity index (χ0n) is 13.4. The predicted molar refractivity (Wildman–Crippen MR) is 82.9 cm³/mol. The van der Waals surface area contributed by atoms with Crippen LogP contribution >= 0.6 is 0 Å². The Labute approximate surface area is 142 Å². The minimum atomic E-state index is -4.57. The van der Waals surface area contributed by atoms with E-state index in [0.717, 1.165) is 6.07 Å². The molecule has 136 valence electrons. The molecular formula is C15H16F3N3O3S. The number of alkyl halides is 3. The summed E-state index contributed by atoms with van der Waals surface area (Å²) >= 11 is 0. The van der Waals surface area contributed by atoms with Crippen LogP contribution in [0.4, 0.5) is 13.2 Å². The first kappa shape index (κ1) is 17.7. The summed E-state index contributed by atoms with van der Waals surface area (Å²) in [6.45, 7) is 4.03. The fourth-order valence-electron chi connectivity index (χ4n) is 2.64. The van der Waals surface area contributed by atoms with E-state index >= 15 is 0 Å². The first-order valence-electron chi connectivity index (χ1n) is 7.52. The van der Waals surface area contributed by atoms with Gasteiger partial charge in [0.2, 0.25) is 5.09 Å². The van der Waals surface area contributed by atoms with Gasteiger partial charge < -0.3 is 4.42 Å². The van der Waals surface area contributed by atoms with Crippen LogP contribution < -0.4 is 0 Å². The van der Waals surface area contributed by atoms with Gasteiger partial charge in [-0.3, -0.25) is 5.10 Å². The van der Waals surface area contributed by atoms with Crippen molar-refractivity contribution in [3.63, 3.8) is 0 Å². The van der Waals surface area contributed by atoms with E-state index in [9.17, 15) is 21.6 Å². The molecule has 0 saturated heterocycles. The number of sulfonamides is 1. The molecule has 3 heterocycles. The molecule has 1 aliphatic rings. The van der Waals surface area contributed by atoms with E-state index in [1.54, 1.807) is 6.08 Å². The van der Waals surface area contributed by atoms with Crippen molar-refractivity contribution in [3.05, 3.63) is 36.0 Å². The van der Waals surface area contributed by atoms with Crippen molar-refractivity contribution < 1.29 is 26.0 Å². The normalized spacial score (nSPS) is 19.2. The van der Waals surface area contributed by atoms with Crippen LogP contribution in [0.15, 0.2) is 39.9 Å². The summed E-state index contributed by atoms with van der Waals surface area (Å²) in [7, 11) is -3.90. The first-order valence-corrected chi connectivity index (χ1v) is 8.96. The van der Waals surface area contributed by atoms with Gasteiger partial charge >= 0.3 is 6.18 Å². The van der Waals surface area contributed by atoms with Gasteiger partial charge in [-0.05, 0) is 24.1 Å². The summed E-state index contributed by atoms with van der Waals surface area (Å²) in [5.74, 6) is 0.0159. The average molecular weight is 375 g/mol. The van der Waals surface area contributed by atoms with Crippen molar-refractivity contribution in [2.75, 3.05) is 6.54 Å². The molecule has 10 heteroatoms. The molecule has 0 saturated carbocycles. The molecule has 1 N–H and O–H groups in total. The van der Waals surface area contributed by atoms with Crippen molar-refractivity contribution in [1.82, 2.24) is 14.5 Å². The van der Waals surface area contributed by atoms with Crippen LogP contribution in [-0.4, -0.2) is 35.5 Å². The van der Waals surface area contributed by atoms with E-state index in [-0.39, 0.29) is 35.1 Å². The third-order valence-corrected chi connectivity index (χ3v) is 5.65. The SMILES string of the molecule is CC(C)C1C=CCN1S(=O)(=O)c1ccc(-c2cc(C(F)(F)F)[nH]n2)o1. The summed E-state index contributed by atoms with van der Waals surface area (Å²) in [5, 5.41) is 5.07. The minimum absolute atomic E-state index is 0.0569. The Morgan fingerprint density at radius 3 is 2.68 bits per heavy atom. The Morgan fingerprint density at radius 1 is 1.36 bits per heavy atom. The molecule has 6 nitrogen and oxygen atoms in total. The Balaban J connectivity index is 1.89. The predicted octanol–water partition coefficient (Wildman–Crippen LogP) is 3.27. The molecule has 2 aromatic heterocycles. The van der Waals surface area contributed by atoms with Gasteiger partial charge in [0.05, 0.1) is 0 Å². The lowest BCUT2D eigenvalue weighted by Gasteiger charge is -2.25. The van der Waals surface area contributed by atoms with E-state index in [1.807, 2.05) is 25.0 Å². The monoisotopic (exact) mass is 375 g/mol. The maximum atomic E-state index is 12.7. The fourth-order valence-corrected chi connectivity index (χ4v) is 4.22. The van der Waals surface area contributed by atoms with Crippen molar-refractivity contribution in [3.8, 4) is 11.5 Å². The highest BCUT2D eigenvalue weighted by Gasteiger charge is 2.37. The Bertz CT molecular complexity index is 897. The molecule has 2 aromatic rings. The van der Waals surface area contributed by atoms with E-state index in [0.29, 0.717) is 0 Å². The van der Waals surface area contributed by atoms with Crippen LogP contribution in [0.2, 0.25) is 0 Å². The number of nitrogens with one attached hydrogen (secondary N) is 1. The van der Waals surface area contributed by atoms with Gasteiger partial charge in [0.1, 0.15) is 11.4 Å². The smallest absolute Gasteiger partial charge is 0.432 e. The van der Waals surface area contributed by atoms with E-state index in [1.165, 1.54) is 16.4 Å². The highest BCUT2D eigenvalue weighted by atomic mass is 32.2. The molecule has 0 bridgehead atoms. The second-order valence-corrected chi connectivity index (χ2v) is 7.84. The molecule has 1 aliphatic heterocycles. The van der Waals surface area contributed by atoms with Crippen LogP contribution in [0.5, 0.6) is 0 Å². The number of hydrogen-bond donors (Lipinski definition) is 1. The van der Waals surface area contributed by atoms with Crippen LogP contribution in [0.25, 0.3) is 11.5 Å². The van der Waals surface area contributed by atoms with Gasteiger partial charge in [0, 0.05) is 12.6 Å². The number of hydrogen-bond acceptors (Lipinski definition) is 4. The lowest BCUT2D eigenvalue weighted by molar-refractivity contribution is -0.141. The highest BCUT2D eigenvalue weighted by Crippen LogP contribution is 2.33. The van der Waals surface area contributed by atoms with Crippen LogP contribution in [0.1, 0.15) is 19.5 Å². The molecule has 0 spiro atoms. The number of furan rings is 1. The standard InChI is InChI=1S/C15H16F3N3O3S/c1-9(2)11-4-3-7-21(11)25(22,23)14-6-5-12(24-14)10-8-13(20-19-10)15(16,17)18/h3-6,8-9,11H,7H2,1-2H3,(H,19,20). The zero-order chi connectivity index (χ0) is 18.4. The summed E-state index contributed by atoms with van der Waals surface area (Å²) in [6.07, 6.45) is -0.997. The lowest BCUT2D eigenvalue weighted by atomic mass is 10.1. The van der Waals surface area contributed by atoms with Gasteiger partial charge in [0.25, 0.3) is 10.0 Å². The van der Waals surface area contributed by atoms with Crippen molar-refractivity contribution in [1.29, 1.82) is 0 Å². The summed E-state index contributed by atoms with van der Waals surface area (Å²) in [6, 6.07) is 2.99. The number of nitrogens with zero attached hydrogens (tertiary/aromatic N) is 2. The lowest BCUT2D eigenvalue weighted by Crippen LogP contribution is -2.38. The maximum absolute atomic E-state index is 12.7. The maximum Gasteiger partial charge on any atom is 0.432 e. The Morgan fingerprint density at radius 2 is 2.08 bits per heavy atom. The van der Waals surface area contributed by atoms with E-state index in [2.05, 4.69) is 5.10 Å². The van der Waals surface area contributed by atoms with E-state index in [4.69, 9.17) is 4.42 Å². The average Bonchev–Trinajstić information content (AvgIpc) is 3.25. The molecule has 0 radical (unpaired) electrons. The number of halogens is 3. The van der Waals surface area contributed by atoms with Crippen LogP contribution in [-0.2, 0) is 16.2 Å². The highest BCUT2D eigenvalue weighted by molar-refractivity contribution is 7.89. The number of aromatic nitrogens is 2. The summed E-state index contributed by atoms with van der Waals surface area (Å²) in [5.41, 5.74) is -1.15. The van der Waals surface area contributed by atoms with Gasteiger partial charge in [-0.2, -0.15) is 22.6 Å². The van der Waals surface area contributed by atoms with Gasteiger partial charge in [-0.25, -0.2) is 8.42 Å². The second kappa shape index (κ2) is 6.03. The van der Waals surface area contributed by atoms with Crippen molar-refractivity contribution >= 4 is 10.0 Å². The first-order chi connectivity index (χ1) is 11.6. The summed E-state index contributed by atoms with van der Waals surface area (Å²) < 4.78 is 69.9. The van der Waals surface area contributed by atoms with Gasteiger partial charge in [-0.15, -0.1) is 0 Å². The van der Waals surface area contributed by atoms with Gasteiger partial charge in [-0.1, -0.05) is 26.0 Å². The van der Waals surface area contributed by atoms with E-state index < -0.39 is 21.9 Å². The second-order valence-electron chi connectivity index (χ2n) is 6.02. The topological polar surface area (TPSA) is 79.2 Å². The molecule has 0 amide bonds. The van der Waals surface area contributed by atoms with Crippen LogP contribution in [0.3, 0.4) is 0 Å². The largest absolute Gasteiger partial charge is 0.442 e. The third kappa shape index (κ3) is 3.23. The molecule has 0 fully saturated rings. The number of rotatable bonds is 4. The Kier molecular flexibility index (Phi) is 4.28. The molecular weight excluding hydrogens is 359 g/mol. The molecule has 1 unspecified atom stereocenters. The quantitative estimate of drug-likeness (QED) is 0.832. The molecule has 0 aliphatic carbocycles. The zero-order valence-corrected chi connectivity index (χ0v) is 14.2. The summed E-state index contributed by atoms with van der Waals surface area (Å²) in [4.78, 5) is 0. The van der Waals surface area contributed by atoms with Crippen molar-refractivity contribution in [2.24, 2.45) is 5.92 Å². The molecule has 3 rings (SSSR count). The van der Waals surface area contributed by atoms with Crippen LogP contribution in [0, 0.1) is 5.92 Å². The minimum Gasteiger partial charge on any atom is -0.442 e. The molecule has 0 aromatic carbocycles. The Hall–Kier alpha value is -2.07. The molecule has 25 heavy (non-hydrogen) atoms. The molecule has 1 atom stereocenters. The van der Waals surface area contributed by atoms with Crippen molar-refractivity contribution in [2.45, 2.75) is 31.2 Å². The van der Waals surface area contributed by atoms with Gasteiger partial charge in [0.15, 0.2) is 5.76 Å².